The fourth-order valence-electron chi connectivity index (χ4n) is 4.37. The van der Waals surface area contributed by atoms with Gasteiger partial charge in [0.25, 0.3) is 0 Å². The number of amides is 2. The maximum absolute atomic E-state index is 13.7. The average molecular weight is 472 g/mol. The molecule has 4 aromatic rings. The van der Waals surface area contributed by atoms with Crippen molar-refractivity contribution in [2.24, 2.45) is 0 Å². The number of esters is 1. The lowest BCUT2D eigenvalue weighted by molar-refractivity contribution is 0.0600. The van der Waals surface area contributed by atoms with Gasteiger partial charge in [-0.2, -0.15) is 0 Å². The van der Waals surface area contributed by atoms with Crippen LogP contribution in [0.4, 0.5) is 10.5 Å². The van der Waals surface area contributed by atoms with Crippen LogP contribution in [0.25, 0.3) is 5.69 Å². The summed E-state index contributed by atoms with van der Waals surface area (Å²) in [5.74, 6) is -0.429. The van der Waals surface area contributed by atoms with Crippen LogP contribution < -0.4 is 5.32 Å². The predicted octanol–water partition coefficient (Wildman–Crippen LogP) is 6.05. The van der Waals surface area contributed by atoms with Gasteiger partial charge in [0.2, 0.25) is 0 Å². The molecule has 0 spiro atoms. The van der Waals surface area contributed by atoms with Crippen LogP contribution in [-0.2, 0) is 11.3 Å². The monoisotopic (exact) mass is 471 g/mol. The van der Waals surface area contributed by atoms with Crippen LogP contribution in [0.15, 0.2) is 91.1 Å². The number of carbonyl (C=O) groups excluding carboxylic acids is 2. The molecule has 1 unspecified atom stereocenters. The summed E-state index contributed by atoms with van der Waals surface area (Å²) >= 11 is 6.64. The number of ether oxygens (including phenoxy) is 1. The lowest BCUT2D eigenvalue weighted by Crippen LogP contribution is -2.38. The Bertz CT molecular complexity index is 1360. The number of carbonyl (C=O) groups is 2. The summed E-state index contributed by atoms with van der Waals surface area (Å²) in [5, 5.41) is 3.57. The highest BCUT2D eigenvalue weighted by molar-refractivity contribution is 6.31. The molecule has 7 heteroatoms. The van der Waals surface area contributed by atoms with Gasteiger partial charge >= 0.3 is 12.0 Å². The van der Waals surface area contributed by atoms with Crippen molar-refractivity contribution in [1.29, 1.82) is 0 Å². The number of rotatable bonds is 3. The number of hydrogen-bond donors (Lipinski definition) is 1. The number of hydrogen-bond acceptors (Lipinski definition) is 3. The molecule has 0 fully saturated rings. The molecule has 2 amide bonds. The molecular formula is C27H22ClN3O3. The first-order chi connectivity index (χ1) is 16.6. The van der Waals surface area contributed by atoms with Crippen LogP contribution >= 0.6 is 11.6 Å². The van der Waals surface area contributed by atoms with Gasteiger partial charge < -0.3 is 19.5 Å². The minimum Gasteiger partial charge on any atom is -0.465 e. The van der Waals surface area contributed by atoms with E-state index in [1.807, 2.05) is 60.8 Å². The Balaban J connectivity index is 1.57. The molecule has 0 saturated heterocycles. The molecule has 1 aliphatic heterocycles. The fraction of sp³-hybridized carbons (Fsp3) is 0.111. The molecule has 5 rings (SSSR count). The van der Waals surface area contributed by atoms with Gasteiger partial charge in [0.1, 0.15) is 6.04 Å². The standard InChI is InChI=1S/C27H22ClN3O3/c1-34-26(32)18-12-14-20(15-13-18)29-27(33)31-17-19-7-2-5-10-23(19)30-16-6-11-24(30)25(31)21-8-3-4-9-22(21)28/h2-16,25H,17H2,1H3,(H,29,33). The van der Waals surface area contributed by atoms with Gasteiger partial charge in [-0.1, -0.05) is 48.0 Å². The Morgan fingerprint density at radius 3 is 2.44 bits per heavy atom. The van der Waals surface area contributed by atoms with Crippen molar-refractivity contribution in [2.45, 2.75) is 12.6 Å². The molecule has 2 heterocycles. The lowest BCUT2D eigenvalue weighted by Gasteiger charge is -2.31. The molecule has 0 radical (unpaired) electrons. The second-order valence-electron chi connectivity index (χ2n) is 7.98. The molecule has 1 atom stereocenters. The van der Waals surface area contributed by atoms with Crippen molar-refractivity contribution in [3.05, 3.63) is 119 Å². The first-order valence-corrected chi connectivity index (χ1v) is 11.2. The highest BCUT2D eigenvalue weighted by Crippen LogP contribution is 2.39. The van der Waals surface area contributed by atoms with E-state index in [4.69, 9.17) is 16.3 Å². The summed E-state index contributed by atoms with van der Waals surface area (Å²) in [7, 11) is 1.33. The number of urea groups is 1. The van der Waals surface area contributed by atoms with Crippen molar-refractivity contribution in [1.82, 2.24) is 9.47 Å². The van der Waals surface area contributed by atoms with Crippen LogP contribution in [0.5, 0.6) is 0 Å². The van der Waals surface area contributed by atoms with E-state index < -0.39 is 12.0 Å². The van der Waals surface area contributed by atoms with E-state index in [0.29, 0.717) is 22.8 Å². The zero-order valence-electron chi connectivity index (χ0n) is 18.4. The number of aromatic nitrogens is 1. The normalized spacial score (nSPS) is 14.5. The molecule has 1 aliphatic rings. The smallest absolute Gasteiger partial charge is 0.337 e. The number of fused-ring (bicyclic) bond motifs is 3. The third-order valence-corrected chi connectivity index (χ3v) is 6.33. The summed E-state index contributed by atoms with van der Waals surface area (Å²) < 4.78 is 6.86. The van der Waals surface area contributed by atoms with E-state index in [9.17, 15) is 9.59 Å². The SMILES string of the molecule is COC(=O)c1ccc(NC(=O)N2Cc3ccccc3-n3cccc3C2c2ccccc2Cl)cc1. The number of benzene rings is 3. The second kappa shape index (κ2) is 9.08. The Labute approximate surface area is 202 Å². The number of methoxy groups -OCH3 is 1. The number of nitrogens with zero attached hydrogens (tertiary/aromatic N) is 2. The second-order valence-corrected chi connectivity index (χ2v) is 8.39. The van der Waals surface area contributed by atoms with E-state index in [1.54, 1.807) is 29.2 Å². The Morgan fingerprint density at radius 2 is 1.68 bits per heavy atom. The third-order valence-electron chi connectivity index (χ3n) is 5.98. The molecule has 1 aromatic heterocycles. The van der Waals surface area contributed by atoms with Gasteiger partial charge in [-0.25, -0.2) is 9.59 Å². The molecule has 0 bridgehead atoms. The minimum absolute atomic E-state index is 0.278. The number of para-hydroxylation sites is 1. The molecule has 6 nitrogen and oxygen atoms in total. The van der Waals surface area contributed by atoms with Crippen molar-refractivity contribution < 1.29 is 14.3 Å². The zero-order valence-corrected chi connectivity index (χ0v) is 19.2. The molecule has 170 valence electrons. The molecule has 0 saturated carbocycles. The summed E-state index contributed by atoms with van der Waals surface area (Å²) in [5.41, 5.74) is 4.81. The van der Waals surface area contributed by atoms with E-state index in [-0.39, 0.29) is 6.03 Å². The highest BCUT2D eigenvalue weighted by atomic mass is 35.5. The Hall–Kier alpha value is -4.03. The summed E-state index contributed by atoms with van der Waals surface area (Å²) in [6.07, 6.45) is 2.00. The first kappa shape index (κ1) is 21.8. The van der Waals surface area contributed by atoms with Gasteiger partial charge in [0, 0.05) is 16.9 Å². The summed E-state index contributed by atoms with van der Waals surface area (Å²) in [4.78, 5) is 27.2. The van der Waals surface area contributed by atoms with Crippen LogP contribution in [0, 0.1) is 0 Å². The molecule has 0 aliphatic carbocycles. The van der Waals surface area contributed by atoms with E-state index in [0.717, 1.165) is 22.5 Å². The Kier molecular flexibility index (Phi) is 5.82. The quantitative estimate of drug-likeness (QED) is 0.370. The van der Waals surface area contributed by atoms with E-state index in [2.05, 4.69) is 16.0 Å². The molecule has 3 aromatic carbocycles. The molecular weight excluding hydrogens is 450 g/mol. The lowest BCUT2D eigenvalue weighted by atomic mass is 10.0. The van der Waals surface area contributed by atoms with Crippen molar-refractivity contribution in [2.75, 3.05) is 12.4 Å². The predicted molar refractivity (Wildman–Crippen MR) is 131 cm³/mol. The van der Waals surface area contributed by atoms with Crippen LogP contribution in [0.1, 0.15) is 33.2 Å². The summed E-state index contributed by atoms with van der Waals surface area (Å²) in [6, 6.07) is 25.5. The maximum atomic E-state index is 13.7. The summed E-state index contributed by atoms with van der Waals surface area (Å²) in [6.45, 7) is 0.389. The molecule has 34 heavy (non-hydrogen) atoms. The maximum Gasteiger partial charge on any atom is 0.337 e. The zero-order chi connectivity index (χ0) is 23.7. The average Bonchev–Trinajstić information content (AvgIpc) is 3.29. The first-order valence-electron chi connectivity index (χ1n) is 10.8. The Morgan fingerprint density at radius 1 is 0.941 bits per heavy atom. The van der Waals surface area contributed by atoms with Crippen molar-refractivity contribution in [3.63, 3.8) is 0 Å². The van der Waals surface area contributed by atoms with E-state index in [1.165, 1.54) is 7.11 Å². The van der Waals surface area contributed by atoms with Crippen LogP contribution in [-0.4, -0.2) is 28.6 Å². The van der Waals surface area contributed by atoms with Crippen molar-refractivity contribution >= 4 is 29.3 Å². The minimum atomic E-state index is -0.429. The van der Waals surface area contributed by atoms with Gasteiger partial charge in [-0.15, -0.1) is 0 Å². The highest BCUT2D eigenvalue weighted by Gasteiger charge is 2.34. The van der Waals surface area contributed by atoms with E-state index >= 15 is 0 Å². The van der Waals surface area contributed by atoms with Crippen LogP contribution in [0.3, 0.4) is 0 Å². The molecule has 1 N–H and O–H groups in total. The number of nitrogens with one attached hydrogen (secondary N) is 1. The topological polar surface area (TPSA) is 63.6 Å². The van der Waals surface area contributed by atoms with Gasteiger partial charge in [-0.3, -0.25) is 0 Å². The van der Waals surface area contributed by atoms with Gasteiger partial charge in [0.15, 0.2) is 0 Å². The van der Waals surface area contributed by atoms with Crippen LogP contribution in [0.2, 0.25) is 5.02 Å². The van der Waals surface area contributed by atoms with Gasteiger partial charge in [0.05, 0.1) is 30.6 Å². The van der Waals surface area contributed by atoms with Gasteiger partial charge in [-0.05, 0) is 59.7 Å². The van der Waals surface area contributed by atoms with Crippen molar-refractivity contribution in [3.8, 4) is 5.69 Å². The number of halogens is 1. The third kappa shape index (κ3) is 3.93. The largest absolute Gasteiger partial charge is 0.465 e. The fourth-order valence-corrected chi connectivity index (χ4v) is 4.61. The number of anilines is 1.